The lowest BCUT2D eigenvalue weighted by molar-refractivity contribution is 0.203. The number of allylic oxidation sites excluding steroid dienone is 1. The van der Waals surface area contributed by atoms with Gasteiger partial charge in [0, 0.05) is 16.3 Å². The van der Waals surface area contributed by atoms with Crippen LogP contribution < -0.4 is 5.32 Å². The maximum Gasteiger partial charge on any atom is 0.322 e. The van der Waals surface area contributed by atoms with Crippen molar-refractivity contribution in [3.05, 3.63) is 112 Å². The summed E-state index contributed by atoms with van der Waals surface area (Å²) in [6, 6.07) is 22.0. The summed E-state index contributed by atoms with van der Waals surface area (Å²) >= 11 is 6.12. The van der Waals surface area contributed by atoms with Crippen molar-refractivity contribution in [2.45, 2.75) is 19.5 Å². The molecule has 0 aliphatic carbocycles. The average Bonchev–Trinajstić information content (AvgIpc) is 3.32. The Morgan fingerprint density at radius 3 is 2.56 bits per heavy atom. The van der Waals surface area contributed by atoms with Gasteiger partial charge in [-0.2, -0.15) is 4.98 Å². The molecule has 2 amide bonds. The van der Waals surface area contributed by atoms with Crippen LogP contribution in [0.5, 0.6) is 0 Å². The second-order valence-electron chi connectivity index (χ2n) is 7.94. The molecule has 0 saturated carbocycles. The van der Waals surface area contributed by atoms with Gasteiger partial charge in [-0.3, -0.25) is 4.90 Å². The minimum absolute atomic E-state index is 0.264. The van der Waals surface area contributed by atoms with Gasteiger partial charge in [0.25, 0.3) is 5.89 Å². The lowest BCUT2D eigenvalue weighted by atomic mass is 9.94. The third kappa shape index (κ3) is 4.30. The predicted octanol–water partition coefficient (Wildman–Crippen LogP) is 6.23. The van der Waals surface area contributed by atoms with E-state index in [0.717, 1.165) is 5.56 Å². The van der Waals surface area contributed by atoms with Crippen molar-refractivity contribution in [2.24, 2.45) is 0 Å². The zero-order valence-electron chi connectivity index (χ0n) is 18.2. The zero-order chi connectivity index (χ0) is 23.7. The van der Waals surface area contributed by atoms with E-state index in [4.69, 9.17) is 16.1 Å². The first-order chi connectivity index (χ1) is 16.5. The van der Waals surface area contributed by atoms with Crippen LogP contribution in [0.4, 0.5) is 9.18 Å². The molecule has 0 radical (unpaired) electrons. The summed E-state index contributed by atoms with van der Waals surface area (Å²) in [7, 11) is 0. The van der Waals surface area contributed by atoms with E-state index in [1.807, 2.05) is 49.4 Å². The quantitative estimate of drug-likeness (QED) is 0.372. The molecule has 5 rings (SSSR count). The number of benzene rings is 3. The molecular formula is C26H20ClFN4O2. The predicted molar refractivity (Wildman–Crippen MR) is 127 cm³/mol. The fourth-order valence-corrected chi connectivity index (χ4v) is 4.19. The Kier molecular flexibility index (Phi) is 5.86. The van der Waals surface area contributed by atoms with Gasteiger partial charge in [0.1, 0.15) is 5.82 Å². The van der Waals surface area contributed by atoms with E-state index in [0.29, 0.717) is 39.8 Å². The molecule has 1 aliphatic rings. The summed E-state index contributed by atoms with van der Waals surface area (Å²) in [4.78, 5) is 19.4. The molecule has 1 atom stereocenters. The third-order valence-electron chi connectivity index (χ3n) is 5.72. The second kappa shape index (κ2) is 9.11. The van der Waals surface area contributed by atoms with Gasteiger partial charge < -0.3 is 9.84 Å². The Morgan fingerprint density at radius 2 is 1.82 bits per heavy atom. The summed E-state index contributed by atoms with van der Waals surface area (Å²) in [5, 5.41) is 7.71. The summed E-state index contributed by atoms with van der Waals surface area (Å²) in [6.45, 7) is 2.21. The number of carbonyl (C=O) groups is 1. The molecule has 1 aromatic heterocycles. The van der Waals surface area contributed by atoms with Crippen LogP contribution >= 0.6 is 11.6 Å². The van der Waals surface area contributed by atoms with Crippen LogP contribution in [-0.4, -0.2) is 21.1 Å². The number of amides is 2. The van der Waals surface area contributed by atoms with Gasteiger partial charge in [-0.25, -0.2) is 9.18 Å². The van der Waals surface area contributed by atoms with Gasteiger partial charge in [0.05, 0.1) is 18.2 Å². The maximum absolute atomic E-state index is 13.6. The third-order valence-corrected chi connectivity index (χ3v) is 5.96. The molecule has 3 aromatic carbocycles. The minimum Gasteiger partial charge on any atom is -0.334 e. The van der Waals surface area contributed by atoms with Crippen molar-refractivity contribution < 1.29 is 13.7 Å². The van der Waals surface area contributed by atoms with E-state index in [1.54, 1.807) is 29.2 Å². The molecule has 0 fully saturated rings. The monoisotopic (exact) mass is 474 g/mol. The van der Waals surface area contributed by atoms with Crippen molar-refractivity contribution in [3.63, 3.8) is 0 Å². The largest absolute Gasteiger partial charge is 0.334 e. The first-order valence-electron chi connectivity index (χ1n) is 10.7. The molecule has 4 aromatic rings. The number of nitrogens with zero attached hydrogens (tertiary/aromatic N) is 3. The molecule has 8 heteroatoms. The summed E-state index contributed by atoms with van der Waals surface area (Å²) in [5.41, 5.74) is 3.69. The fourth-order valence-electron chi connectivity index (χ4n) is 4.00. The maximum atomic E-state index is 13.6. The number of carbonyl (C=O) groups excluding carboxylic acids is 1. The standard InChI is InChI=1S/C26H20ClFN4O2/c1-16-22(25-30-24(31-34-25)19-8-5-9-20(27)14-19)23(18-10-12-21(28)13-11-18)29-26(33)32(16)15-17-6-3-2-4-7-17/h2-14,23H,15H2,1H3,(H,29,33). The Morgan fingerprint density at radius 1 is 1.06 bits per heavy atom. The van der Waals surface area contributed by atoms with Crippen molar-refractivity contribution >= 4 is 23.2 Å². The lowest BCUT2D eigenvalue weighted by Gasteiger charge is -2.35. The van der Waals surface area contributed by atoms with Crippen LogP contribution in [0.3, 0.4) is 0 Å². The number of hydrogen-bond donors (Lipinski definition) is 1. The Hall–Kier alpha value is -3.97. The molecule has 170 valence electrons. The first kappa shape index (κ1) is 21.9. The van der Waals surface area contributed by atoms with Crippen molar-refractivity contribution in [3.8, 4) is 11.4 Å². The van der Waals surface area contributed by atoms with E-state index in [-0.39, 0.29) is 17.7 Å². The van der Waals surface area contributed by atoms with Gasteiger partial charge >= 0.3 is 6.03 Å². The highest BCUT2D eigenvalue weighted by Crippen LogP contribution is 2.38. The number of urea groups is 1. The first-order valence-corrected chi connectivity index (χ1v) is 11.1. The molecule has 34 heavy (non-hydrogen) atoms. The molecule has 1 N–H and O–H groups in total. The van der Waals surface area contributed by atoms with Crippen LogP contribution in [0.15, 0.2) is 89.1 Å². The van der Waals surface area contributed by atoms with E-state index >= 15 is 0 Å². The van der Waals surface area contributed by atoms with Crippen LogP contribution in [0.1, 0.15) is 30.0 Å². The average molecular weight is 475 g/mol. The molecule has 0 bridgehead atoms. The number of nitrogens with one attached hydrogen (secondary N) is 1. The highest BCUT2D eigenvalue weighted by Gasteiger charge is 2.35. The topological polar surface area (TPSA) is 71.3 Å². The van der Waals surface area contributed by atoms with Crippen molar-refractivity contribution in [1.82, 2.24) is 20.4 Å². The molecule has 6 nitrogen and oxygen atoms in total. The number of hydrogen-bond acceptors (Lipinski definition) is 4. The number of aromatic nitrogens is 2. The molecular weight excluding hydrogens is 455 g/mol. The van der Waals surface area contributed by atoms with Crippen molar-refractivity contribution in [2.75, 3.05) is 0 Å². The van der Waals surface area contributed by atoms with Gasteiger partial charge in [-0.05, 0) is 42.3 Å². The zero-order valence-corrected chi connectivity index (χ0v) is 19.0. The number of rotatable bonds is 5. The van der Waals surface area contributed by atoms with Gasteiger partial charge in [-0.15, -0.1) is 0 Å². The highest BCUT2D eigenvalue weighted by atomic mass is 35.5. The lowest BCUT2D eigenvalue weighted by Crippen LogP contribution is -2.45. The van der Waals surface area contributed by atoms with E-state index in [9.17, 15) is 9.18 Å². The highest BCUT2D eigenvalue weighted by molar-refractivity contribution is 6.30. The Bertz CT molecular complexity index is 1370. The smallest absolute Gasteiger partial charge is 0.322 e. The van der Waals surface area contributed by atoms with Crippen LogP contribution in [0.25, 0.3) is 17.0 Å². The van der Waals surface area contributed by atoms with Crippen molar-refractivity contribution in [1.29, 1.82) is 0 Å². The molecule has 1 aliphatic heterocycles. The second-order valence-corrected chi connectivity index (χ2v) is 8.37. The summed E-state index contributed by atoms with van der Waals surface area (Å²) in [5.74, 6) is 0.280. The van der Waals surface area contributed by atoms with E-state index in [2.05, 4.69) is 15.5 Å². The van der Waals surface area contributed by atoms with E-state index in [1.165, 1.54) is 12.1 Å². The minimum atomic E-state index is -0.590. The Labute approximate surface area is 200 Å². The SMILES string of the molecule is CC1=C(c2nc(-c3cccc(Cl)c3)no2)C(c2ccc(F)cc2)NC(=O)N1Cc1ccccc1. The van der Waals surface area contributed by atoms with Crippen LogP contribution in [0.2, 0.25) is 5.02 Å². The molecule has 2 heterocycles. The fraction of sp³-hybridized carbons (Fsp3) is 0.115. The Balaban J connectivity index is 1.60. The van der Waals surface area contributed by atoms with Crippen LogP contribution in [-0.2, 0) is 6.54 Å². The van der Waals surface area contributed by atoms with E-state index < -0.39 is 6.04 Å². The van der Waals surface area contributed by atoms with Crippen LogP contribution in [0, 0.1) is 5.82 Å². The molecule has 0 spiro atoms. The number of halogens is 2. The summed E-state index contributed by atoms with van der Waals surface area (Å²) < 4.78 is 19.3. The normalized spacial score (nSPS) is 16.0. The van der Waals surface area contributed by atoms with Gasteiger partial charge in [0.2, 0.25) is 5.82 Å². The van der Waals surface area contributed by atoms with Gasteiger partial charge in [-0.1, -0.05) is 71.4 Å². The summed E-state index contributed by atoms with van der Waals surface area (Å²) in [6.07, 6.45) is 0. The van der Waals surface area contributed by atoms with Gasteiger partial charge in [0.15, 0.2) is 0 Å². The molecule has 0 saturated heterocycles. The molecule has 1 unspecified atom stereocenters.